The lowest BCUT2D eigenvalue weighted by atomic mass is 10.1. The van der Waals surface area contributed by atoms with Crippen molar-refractivity contribution in [3.63, 3.8) is 0 Å². The highest BCUT2D eigenvalue weighted by molar-refractivity contribution is 7.93. The van der Waals surface area contributed by atoms with Crippen molar-refractivity contribution in [2.24, 2.45) is 0 Å². The first-order chi connectivity index (χ1) is 12.7. The van der Waals surface area contributed by atoms with Gasteiger partial charge >= 0.3 is 0 Å². The molecule has 1 N–H and O–H groups in total. The molecule has 0 amide bonds. The van der Waals surface area contributed by atoms with E-state index in [9.17, 15) is 18.5 Å². The number of nitro groups is 1. The number of nitrogens with zero attached hydrogens (tertiary/aromatic N) is 2. The third kappa shape index (κ3) is 4.06. The lowest BCUT2D eigenvalue weighted by Gasteiger charge is -2.09. The summed E-state index contributed by atoms with van der Waals surface area (Å²) in [7, 11) is -3.89. The monoisotopic (exact) mass is 443 g/mol. The SMILES string of the molecule is Cc1c(Cl)cccc1S(=O)(=O)Nc1nc(-c2cc([N+](=O)[O-])ccc2Cl)cs1. The Kier molecular flexibility index (Phi) is 5.38. The first-order valence-electron chi connectivity index (χ1n) is 7.37. The van der Waals surface area contributed by atoms with Crippen LogP contribution in [-0.4, -0.2) is 18.3 Å². The maximum absolute atomic E-state index is 12.6. The molecule has 11 heteroatoms. The quantitative estimate of drug-likeness (QED) is 0.434. The summed E-state index contributed by atoms with van der Waals surface area (Å²) >= 11 is 13.1. The van der Waals surface area contributed by atoms with E-state index >= 15 is 0 Å². The first kappa shape index (κ1) is 19.6. The van der Waals surface area contributed by atoms with Crippen LogP contribution in [0.15, 0.2) is 46.7 Å². The summed E-state index contributed by atoms with van der Waals surface area (Å²) in [6.45, 7) is 1.60. The molecule has 0 aliphatic rings. The zero-order valence-corrected chi connectivity index (χ0v) is 16.8. The Hall–Kier alpha value is -2.20. The largest absolute Gasteiger partial charge is 0.270 e. The van der Waals surface area contributed by atoms with Crippen LogP contribution >= 0.6 is 34.5 Å². The van der Waals surface area contributed by atoms with E-state index in [4.69, 9.17) is 23.2 Å². The van der Waals surface area contributed by atoms with E-state index in [1.54, 1.807) is 24.4 Å². The van der Waals surface area contributed by atoms with Gasteiger partial charge in [-0.1, -0.05) is 29.3 Å². The van der Waals surface area contributed by atoms with Gasteiger partial charge in [0.2, 0.25) is 0 Å². The normalized spacial score (nSPS) is 11.4. The van der Waals surface area contributed by atoms with Gasteiger partial charge in [-0.3, -0.25) is 14.8 Å². The fraction of sp³-hybridized carbons (Fsp3) is 0.0625. The number of thiazole rings is 1. The van der Waals surface area contributed by atoms with Gasteiger partial charge in [0, 0.05) is 28.1 Å². The maximum atomic E-state index is 12.6. The molecule has 27 heavy (non-hydrogen) atoms. The topological polar surface area (TPSA) is 102 Å². The molecule has 0 atom stereocenters. The van der Waals surface area contributed by atoms with Crippen molar-refractivity contribution in [3.8, 4) is 11.3 Å². The van der Waals surface area contributed by atoms with E-state index < -0.39 is 14.9 Å². The number of hydrogen-bond donors (Lipinski definition) is 1. The zero-order valence-electron chi connectivity index (χ0n) is 13.6. The predicted octanol–water partition coefficient (Wildman–Crippen LogP) is 5.13. The fourth-order valence-corrected chi connectivity index (χ4v) is 4.99. The number of aromatic nitrogens is 1. The van der Waals surface area contributed by atoms with E-state index in [1.165, 1.54) is 24.3 Å². The predicted molar refractivity (Wildman–Crippen MR) is 106 cm³/mol. The third-order valence-corrected chi connectivity index (χ3v) is 6.78. The average Bonchev–Trinajstić information content (AvgIpc) is 3.04. The minimum absolute atomic E-state index is 0.0418. The van der Waals surface area contributed by atoms with Crippen molar-refractivity contribution in [1.82, 2.24) is 4.98 Å². The number of nitro benzene ring substituents is 1. The first-order valence-corrected chi connectivity index (χ1v) is 10.5. The maximum Gasteiger partial charge on any atom is 0.270 e. The molecular weight excluding hydrogens is 433 g/mol. The smallest absolute Gasteiger partial charge is 0.258 e. The number of sulfonamides is 1. The van der Waals surface area contributed by atoms with Gasteiger partial charge < -0.3 is 0 Å². The van der Waals surface area contributed by atoms with Crippen molar-refractivity contribution in [1.29, 1.82) is 0 Å². The van der Waals surface area contributed by atoms with Crippen LogP contribution in [0.1, 0.15) is 5.56 Å². The zero-order chi connectivity index (χ0) is 19.8. The van der Waals surface area contributed by atoms with Crippen LogP contribution in [0.4, 0.5) is 10.8 Å². The van der Waals surface area contributed by atoms with E-state index in [2.05, 4.69) is 9.71 Å². The van der Waals surface area contributed by atoms with Crippen LogP contribution in [-0.2, 0) is 10.0 Å². The van der Waals surface area contributed by atoms with E-state index in [1.807, 2.05) is 0 Å². The van der Waals surface area contributed by atoms with Gasteiger partial charge in [0.1, 0.15) is 0 Å². The van der Waals surface area contributed by atoms with E-state index in [0.717, 1.165) is 11.3 Å². The van der Waals surface area contributed by atoms with Gasteiger partial charge in [-0.05, 0) is 30.7 Å². The molecule has 140 valence electrons. The standard InChI is InChI=1S/C16H11Cl2N3O4S2/c1-9-12(17)3-2-4-15(9)27(24,25)20-16-19-14(8-26-16)11-7-10(21(22)23)5-6-13(11)18/h2-8H,1H3,(H,19,20). The minimum atomic E-state index is -3.89. The molecule has 0 aliphatic heterocycles. The molecule has 2 aromatic carbocycles. The molecule has 3 rings (SSSR count). The molecule has 0 spiro atoms. The number of hydrogen-bond acceptors (Lipinski definition) is 6. The molecule has 0 saturated carbocycles. The Labute approximate surface area is 168 Å². The molecular formula is C16H11Cl2N3O4S2. The van der Waals surface area contributed by atoms with E-state index in [0.29, 0.717) is 21.8 Å². The number of anilines is 1. The highest BCUT2D eigenvalue weighted by Crippen LogP contribution is 2.34. The highest BCUT2D eigenvalue weighted by Gasteiger charge is 2.21. The van der Waals surface area contributed by atoms with Crippen LogP contribution in [0.25, 0.3) is 11.3 Å². The Morgan fingerprint density at radius 1 is 1.19 bits per heavy atom. The number of nitrogens with one attached hydrogen (secondary N) is 1. The summed E-state index contributed by atoms with van der Waals surface area (Å²) in [5, 5.41) is 13.2. The lowest BCUT2D eigenvalue weighted by molar-refractivity contribution is -0.384. The average molecular weight is 444 g/mol. The summed E-state index contributed by atoms with van der Waals surface area (Å²) in [6, 6.07) is 8.55. The molecule has 0 aliphatic carbocycles. The second kappa shape index (κ2) is 7.43. The number of non-ortho nitro benzene ring substituents is 1. The lowest BCUT2D eigenvalue weighted by Crippen LogP contribution is -2.14. The van der Waals surface area contributed by atoms with Gasteiger partial charge in [0.05, 0.1) is 20.5 Å². The Morgan fingerprint density at radius 2 is 1.93 bits per heavy atom. The third-order valence-electron chi connectivity index (χ3n) is 3.67. The van der Waals surface area contributed by atoms with Crippen LogP contribution in [0.5, 0.6) is 0 Å². The van der Waals surface area contributed by atoms with Crippen molar-refractivity contribution in [2.45, 2.75) is 11.8 Å². The number of benzene rings is 2. The van der Waals surface area contributed by atoms with Crippen LogP contribution in [0, 0.1) is 17.0 Å². The fourth-order valence-electron chi connectivity index (χ4n) is 2.32. The molecule has 0 radical (unpaired) electrons. The van der Waals surface area contributed by atoms with Gasteiger partial charge in [0.25, 0.3) is 15.7 Å². The van der Waals surface area contributed by atoms with Crippen molar-refractivity contribution < 1.29 is 13.3 Å². The summed E-state index contributed by atoms with van der Waals surface area (Å²) in [5.74, 6) is 0. The summed E-state index contributed by atoms with van der Waals surface area (Å²) in [6.07, 6.45) is 0. The van der Waals surface area contributed by atoms with Gasteiger partial charge in [0.15, 0.2) is 5.13 Å². The second-order valence-corrected chi connectivity index (χ2v) is 8.75. The molecule has 1 aromatic heterocycles. The molecule has 7 nitrogen and oxygen atoms in total. The Bertz CT molecular complexity index is 1150. The molecule has 0 saturated heterocycles. The molecule has 0 unspecified atom stereocenters. The van der Waals surface area contributed by atoms with Crippen LogP contribution in [0.2, 0.25) is 10.0 Å². The van der Waals surface area contributed by atoms with Gasteiger partial charge in [-0.2, -0.15) is 0 Å². The molecule has 3 aromatic rings. The molecule has 1 heterocycles. The Morgan fingerprint density at radius 3 is 2.63 bits per heavy atom. The summed E-state index contributed by atoms with van der Waals surface area (Å²) < 4.78 is 27.6. The van der Waals surface area contributed by atoms with Crippen molar-refractivity contribution in [2.75, 3.05) is 4.72 Å². The van der Waals surface area contributed by atoms with E-state index in [-0.39, 0.29) is 20.7 Å². The Balaban J connectivity index is 1.94. The minimum Gasteiger partial charge on any atom is -0.258 e. The number of rotatable bonds is 5. The van der Waals surface area contributed by atoms with Gasteiger partial charge in [-0.25, -0.2) is 13.4 Å². The molecule has 0 fully saturated rings. The van der Waals surface area contributed by atoms with Crippen molar-refractivity contribution in [3.05, 3.63) is 67.5 Å². The van der Waals surface area contributed by atoms with Crippen LogP contribution < -0.4 is 4.72 Å². The molecule has 0 bridgehead atoms. The van der Waals surface area contributed by atoms with Crippen LogP contribution in [0.3, 0.4) is 0 Å². The second-order valence-electron chi connectivity index (χ2n) is 5.43. The summed E-state index contributed by atoms with van der Waals surface area (Å²) in [5.41, 5.74) is 0.949. The summed E-state index contributed by atoms with van der Waals surface area (Å²) in [4.78, 5) is 14.6. The highest BCUT2D eigenvalue weighted by atomic mass is 35.5. The number of halogens is 2. The van der Waals surface area contributed by atoms with Crippen molar-refractivity contribution >= 4 is 55.4 Å². The van der Waals surface area contributed by atoms with Gasteiger partial charge in [-0.15, -0.1) is 11.3 Å².